The van der Waals surface area contributed by atoms with Gasteiger partial charge in [0.2, 0.25) is 11.8 Å². The third-order valence-electron chi connectivity index (χ3n) is 8.37. The van der Waals surface area contributed by atoms with E-state index in [9.17, 15) is 19.2 Å². The Morgan fingerprint density at radius 3 is 2.44 bits per heavy atom. The predicted octanol–water partition coefficient (Wildman–Crippen LogP) is 5.73. The first-order valence-electron chi connectivity index (χ1n) is 16.4. The maximum absolute atomic E-state index is 13.8. The van der Waals surface area contributed by atoms with E-state index in [1.165, 1.54) is 23.3 Å². The van der Waals surface area contributed by atoms with Crippen LogP contribution in [0.5, 0.6) is 11.5 Å². The molecule has 5 rings (SSSR count). The highest BCUT2D eigenvalue weighted by molar-refractivity contribution is 7.14. The molecule has 13 nitrogen and oxygen atoms in total. The van der Waals surface area contributed by atoms with E-state index in [0.29, 0.717) is 51.8 Å². The number of hydrogen-bond donors (Lipinski definition) is 2. The minimum atomic E-state index is -1.24. The maximum atomic E-state index is 13.8. The quantitative estimate of drug-likeness (QED) is 0.197. The van der Waals surface area contributed by atoms with Crippen molar-refractivity contribution in [1.82, 2.24) is 20.2 Å². The second kappa shape index (κ2) is 13.9. The molecule has 2 N–H and O–H groups in total. The number of nitrogens with one attached hydrogen (secondary N) is 2. The van der Waals surface area contributed by atoms with Crippen LogP contribution >= 0.6 is 11.3 Å². The van der Waals surface area contributed by atoms with Crippen LogP contribution in [0.25, 0.3) is 22.3 Å². The molecule has 2 aromatic heterocycles. The van der Waals surface area contributed by atoms with Crippen LogP contribution in [0.15, 0.2) is 42.3 Å². The van der Waals surface area contributed by atoms with Gasteiger partial charge in [0.25, 0.3) is 0 Å². The molecular formula is C36H45N5O8S. The molecule has 1 saturated carbocycles. The number of thiazole rings is 1. The molecule has 0 radical (unpaired) electrons. The number of anilines is 1. The number of carbonyl (C=O) groups excluding carboxylic acids is 4. The Kier molecular flexibility index (Phi) is 10.2. The lowest BCUT2D eigenvalue weighted by Gasteiger charge is -2.28. The normalized spacial score (nSPS) is 21.7. The van der Waals surface area contributed by atoms with Crippen molar-refractivity contribution in [2.24, 2.45) is 11.3 Å². The van der Waals surface area contributed by atoms with Crippen molar-refractivity contribution in [3.05, 3.63) is 42.3 Å². The van der Waals surface area contributed by atoms with Crippen LogP contribution in [0, 0.1) is 11.3 Å². The zero-order valence-electron chi connectivity index (χ0n) is 29.7. The van der Waals surface area contributed by atoms with E-state index in [2.05, 4.69) is 22.2 Å². The van der Waals surface area contributed by atoms with Crippen molar-refractivity contribution < 1.29 is 38.1 Å². The van der Waals surface area contributed by atoms with Gasteiger partial charge in [-0.1, -0.05) is 26.8 Å². The fourth-order valence-corrected chi connectivity index (χ4v) is 6.67. The molecule has 3 heterocycles. The number of esters is 1. The Hall–Kier alpha value is -4.72. The Labute approximate surface area is 295 Å². The number of likely N-dealkylation sites (tertiary alicyclic amines) is 1. The second-order valence-electron chi connectivity index (χ2n) is 14.8. The Bertz CT molecular complexity index is 1810. The molecule has 3 aromatic rings. The summed E-state index contributed by atoms with van der Waals surface area (Å²) in [5.41, 5.74) is -0.632. The molecule has 50 heavy (non-hydrogen) atoms. The molecule has 2 fully saturated rings. The van der Waals surface area contributed by atoms with E-state index in [0.717, 1.165) is 0 Å². The second-order valence-corrected chi connectivity index (χ2v) is 15.7. The lowest BCUT2D eigenvalue weighted by Crippen LogP contribution is -2.53. The van der Waals surface area contributed by atoms with E-state index in [1.54, 1.807) is 57.5 Å². The average molecular weight is 708 g/mol. The SMILES string of the molecule is C=C[C@@H]1C[C@]1(NC(=O)[C@@H]1CC(Oc2cc(-c3csc(NC(=O)CC(C)(C)C)n3)nc3cc(OC)ccc23)CN1C(=O)OC(C)(C)C)C(=O)OC. The molecule has 14 heteroatoms. The van der Waals surface area contributed by atoms with Crippen LogP contribution < -0.4 is 20.1 Å². The van der Waals surface area contributed by atoms with Gasteiger partial charge in [-0.2, -0.15) is 0 Å². The topological polar surface area (TPSA) is 158 Å². The summed E-state index contributed by atoms with van der Waals surface area (Å²) in [6.45, 7) is 15.0. The lowest BCUT2D eigenvalue weighted by atomic mass is 9.92. The molecule has 0 bridgehead atoms. The largest absolute Gasteiger partial charge is 0.497 e. The Morgan fingerprint density at radius 2 is 1.82 bits per heavy atom. The molecule has 2 aliphatic rings. The van der Waals surface area contributed by atoms with E-state index < -0.39 is 41.3 Å². The summed E-state index contributed by atoms with van der Waals surface area (Å²) in [4.78, 5) is 63.3. The number of fused-ring (bicyclic) bond motifs is 1. The number of benzene rings is 1. The van der Waals surface area contributed by atoms with Crippen molar-refractivity contribution >= 4 is 51.2 Å². The van der Waals surface area contributed by atoms with E-state index in [4.69, 9.17) is 23.9 Å². The van der Waals surface area contributed by atoms with Crippen LogP contribution in [0.4, 0.5) is 9.93 Å². The number of carbonyl (C=O) groups is 4. The smallest absolute Gasteiger partial charge is 0.411 e. The molecule has 1 aliphatic carbocycles. The minimum Gasteiger partial charge on any atom is -0.497 e. The van der Waals surface area contributed by atoms with Gasteiger partial charge in [0.15, 0.2) is 5.13 Å². The highest BCUT2D eigenvalue weighted by atomic mass is 32.1. The summed E-state index contributed by atoms with van der Waals surface area (Å²) >= 11 is 1.29. The first-order valence-corrected chi connectivity index (χ1v) is 17.3. The molecule has 268 valence electrons. The van der Waals surface area contributed by atoms with Gasteiger partial charge in [-0.25, -0.2) is 19.6 Å². The maximum Gasteiger partial charge on any atom is 0.411 e. The fourth-order valence-electron chi connectivity index (χ4n) is 5.95. The van der Waals surface area contributed by atoms with Crippen molar-refractivity contribution in [2.75, 3.05) is 26.1 Å². The molecule has 3 amide bonds. The summed E-state index contributed by atoms with van der Waals surface area (Å²) in [6, 6.07) is 6.15. The van der Waals surface area contributed by atoms with Gasteiger partial charge in [-0.3, -0.25) is 14.5 Å². The van der Waals surface area contributed by atoms with E-state index in [-0.39, 0.29) is 30.2 Å². The van der Waals surface area contributed by atoms with E-state index >= 15 is 0 Å². The summed E-state index contributed by atoms with van der Waals surface area (Å²) in [7, 11) is 2.83. The standard InChI is InChI=1S/C36H45N5O8S/c1-10-20-16-36(20,31(44)47-9)40-30(43)27-14-22(18-41(27)33(45)49-35(5,6)7)48-28-15-25(37-24-13-21(46-8)11-12-23(24)28)26-19-50-32(38-26)39-29(42)17-34(2,3)4/h10-13,15,19-20,22,27H,1,14,16-18H2,2-9H3,(H,40,43)(H,38,39,42)/t20-,22?,27+,36-/m1/s1. The van der Waals surface area contributed by atoms with Crippen LogP contribution in [0.2, 0.25) is 0 Å². The monoisotopic (exact) mass is 707 g/mol. The van der Waals surface area contributed by atoms with Gasteiger partial charge >= 0.3 is 12.1 Å². The molecule has 0 spiro atoms. The zero-order valence-corrected chi connectivity index (χ0v) is 30.6. The minimum absolute atomic E-state index is 0.0407. The third-order valence-corrected chi connectivity index (χ3v) is 9.12. The summed E-state index contributed by atoms with van der Waals surface area (Å²) in [5.74, 6) is -0.478. The van der Waals surface area contributed by atoms with Gasteiger partial charge in [0.1, 0.15) is 40.5 Å². The lowest BCUT2D eigenvalue weighted by molar-refractivity contribution is -0.147. The van der Waals surface area contributed by atoms with Gasteiger partial charge in [0.05, 0.1) is 32.0 Å². The van der Waals surface area contributed by atoms with Crippen LogP contribution in [-0.4, -0.2) is 82.8 Å². The van der Waals surface area contributed by atoms with Crippen LogP contribution in [0.3, 0.4) is 0 Å². The number of aromatic nitrogens is 2. The fraction of sp³-hybridized carbons (Fsp3) is 0.500. The summed E-state index contributed by atoms with van der Waals surface area (Å²) in [6.07, 6.45) is 1.10. The number of methoxy groups -OCH3 is 2. The molecule has 1 aliphatic heterocycles. The van der Waals surface area contributed by atoms with Crippen LogP contribution in [-0.2, 0) is 23.9 Å². The average Bonchev–Trinajstić information content (AvgIpc) is 3.31. The van der Waals surface area contributed by atoms with Crippen molar-refractivity contribution in [3.63, 3.8) is 0 Å². The number of pyridine rings is 1. The van der Waals surface area contributed by atoms with Gasteiger partial charge in [-0.15, -0.1) is 17.9 Å². The van der Waals surface area contributed by atoms with Crippen molar-refractivity contribution in [2.45, 2.75) is 84.1 Å². The summed E-state index contributed by atoms with van der Waals surface area (Å²) < 4.78 is 22.7. The van der Waals surface area contributed by atoms with Gasteiger partial charge < -0.3 is 29.6 Å². The molecule has 1 aromatic carbocycles. The first kappa shape index (κ1) is 36.6. The molecule has 1 saturated heterocycles. The number of rotatable bonds is 10. The third kappa shape index (κ3) is 8.18. The zero-order chi connectivity index (χ0) is 36.6. The number of hydrogen-bond acceptors (Lipinski definition) is 11. The summed E-state index contributed by atoms with van der Waals surface area (Å²) in [5, 5.41) is 8.64. The Morgan fingerprint density at radius 1 is 1.08 bits per heavy atom. The predicted molar refractivity (Wildman–Crippen MR) is 189 cm³/mol. The number of ether oxygens (including phenoxy) is 4. The first-order chi connectivity index (χ1) is 23.4. The highest BCUT2D eigenvalue weighted by Crippen LogP contribution is 2.46. The van der Waals surface area contributed by atoms with Gasteiger partial charge in [-0.05, 0) is 44.7 Å². The Balaban J connectivity index is 1.45. The van der Waals surface area contributed by atoms with Crippen molar-refractivity contribution in [3.8, 4) is 22.9 Å². The van der Waals surface area contributed by atoms with Crippen LogP contribution in [0.1, 0.15) is 60.8 Å². The number of amides is 3. The molecular weight excluding hydrogens is 662 g/mol. The van der Waals surface area contributed by atoms with Crippen molar-refractivity contribution in [1.29, 1.82) is 0 Å². The molecule has 1 unspecified atom stereocenters. The highest BCUT2D eigenvalue weighted by Gasteiger charge is 2.62. The molecule has 4 atom stereocenters. The van der Waals surface area contributed by atoms with Gasteiger partial charge in [0, 0.05) is 41.7 Å². The van der Waals surface area contributed by atoms with E-state index in [1.807, 2.05) is 26.8 Å². The number of nitrogens with zero attached hydrogens (tertiary/aromatic N) is 3.